The third-order valence-corrected chi connectivity index (χ3v) is 3.61. The molecule has 140 valence electrons. The predicted octanol–water partition coefficient (Wildman–Crippen LogP) is 2.59. The monoisotopic (exact) mass is 362 g/mol. The number of hydrogen-bond donors (Lipinski definition) is 3. The van der Waals surface area contributed by atoms with E-state index in [4.69, 9.17) is 0 Å². The van der Waals surface area contributed by atoms with E-state index in [-0.39, 0.29) is 11.6 Å². The average molecular weight is 362 g/mol. The lowest BCUT2D eigenvalue weighted by molar-refractivity contribution is -0.115. The van der Waals surface area contributed by atoms with Crippen LogP contribution in [0.5, 0.6) is 0 Å². The minimum Gasteiger partial charge on any atom is -0.338 e. The maximum Gasteiger partial charge on any atom is 0.319 e. The fraction of sp³-hybridized carbons (Fsp3) is 0.412. The Morgan fingerprint density at radius 2 is 2.00 bits per heavy atom. The van der Waals surface area contributed by atoms with Gasteiger partial charge in [-0.3, -0.25) is 9.48 Å². The molecule has 2 rings (SSSR count). The second-order valence-corrected chi connectivity index (χ2v) is 5.76. The smallest absolute Gasteiger partial charge is 0.319 e. The van der Waals surface area contributed by atoms with Gasteiger partial charge in [0.05, 0.1) is 5.69 Å². The fourth-order valence-electron chi connectivity index (χ4n) is 2.32. The normalized spacial score (nSPS) is 10.5. The summed E-state index contributed by atoms with van der Waals surface area (Å²) in [4.78, 5) is 27.5. The Bertz CT molecular complexity index is 790. The highest BCUT2D eigenvalue weighted by atomic mass is 19.1. The highest BCUT2D eigenvalue weighted by Gasteiger charge is 2.09. The van der Waals surface area contributed by atoms with Crippen LogP contribution in [0.1, 0.15) is 31.4 Å². The van der Waals surface area contributed by atoms with Crippen molar-refractivity contribution in [3.63, 3.8) is 0 Å². The molecule has 0 aliphatic heterocycles. The van der Waals surface area contributed by atoms with Gasteiger partial charge in [-0.15, -0.1) is 0 Å². The predicted molar refractivity (Wildman–Crippen MR) is 96.5 cm³/mol. The number of hydrogen-bond acceptors (Lipinski definition) is 4. The molecular formula is C17H23FN6O2. The largest absolute Gasteiger partial charge is 0.338 e. The Morgan fingerprint density at radius 3 is 2.65 bits per heavy atom. The number of aromatic nitrogens is 3. The summed E-state index contributed by atoms with van der Waals surface area (Å²) in [5.74, 6) is 0.757. The molecule has 1 aromatic carbocycles. The van der Waals surface area contributed by atoms with Gasteiger partial charge in [0, 0.05) is 25.2 Å². The van der Waals surface area contributed by atoms with Crippen LogP contribution in [0.4, 0.5) is 20.6 Å². The van der Waals surface area contributed by atoms with Crippen LogP contribution >= 0.6 is 0 Å². The SMILES string of the molecule is CCC(=O)Nc1ccc(F)c(NC(=O)NCCCn2nc(C)nc2C)c1. The molecule has 0 spiro atoms. The van der Waals surface area contributed by atoms with Gasteiger partial charge in [-0.25, -0.2) is 14.2 Å². The lowest BCUT2D eigenvalue weighted by Crippen LogP contribution is -2.30. The first-order valence-electron chi connectivity index (χ1n) is 8.41. The van der Waals surface area contributed by atoms with Crippen molar-refractivity contribution in [3.8, 4) is 0 Å². The van der Waals surface area contributed by atoms with Gasteiger partial charge >= 0.3 is 6.03 Å². The number of urea groups is 1. The summed E-state index contributed by atoms with van der Waals surface area (Å²) in [6.07, 6.45) is 0.970. The molecule has 8 nitrogen and oxygen atoms in total. The lowest BCUT2D eigenvalue weighted by atomic mass is 10.2. The Hall–Kier alpha value is -2.97. The molecule has 9 heteroatoms. The number of benzene rings is 1. The number of halogens is 1. The van der Waals surface area contributed by atoms with E-state index >= 15 is 0 Å². The molecule has 0 saturated carbocycles. The van der Waals surface area contributed by atoms with Crippen LogP contribution in [0, 0.1) is 19.7 Å². The van der Waals surface area contributed by atoms with E-state index in [0.29, 0.717) is 37.4 Å². The topological polar surface area (TPSA) is 101 Å². The van der Waals surface area contributed by atoms with Gasteiger partial charge in [-0.1, -0.05) is 6.92 Å². The third-order valence-electron chi connectivity index (χ3n) is 3.61. The van der Waals surface area contributed by atoms with Crippen molar-refractivity contribution >= 4 is 23.3 Å². The number of aryl methyl sites for hydroxylation is 3. The summed E-state index contributed by atoms with van der Waals surface area (Å²) < 4.78 is 15.6. The van der Waals surface area contributed by atoms with Crippen molar-refractivity contribution in [3.05, 3.63) is 35.7 Å². The van der Waals surface area contributed by atoms with E-state index in [1.807, 2.05) is 13.8 Å². The van der Waals surface area contributed by atoms with E-state index in [2.05, 4.69) is 26.0 Å². The van der Waals surface area contributed by atoms with Crippen LogP contribution in [0.2, 0.25) is 0 Å². The van der Waals surface area contributed by atoms with Crippen LogP contribution in [-0.2, 0) is 11.3 Å². The molecule has 0 radical (unpaired) electrons. The van der Waals surface area contributed by atoms with E-state index in [1.54, 1.807) is 11.6 Å². The number of nitrogens with zero attached hydrogens (tertiary/aromatic N) is 3. The maximum atomic E-state index is 13.8. The first-order valence-corrected chi connectivity index (χ1v) is 8.41. The number of rotatable bonds is 7. The molecule has 0 aliphatic rings. The highest BCUT2D eigenvalue weighted by molar-refractivity contribution is 5.93. The molecule has 3 amide bonds. The van der Waals surface area contributed by atoms with E-state index < -0.39 is 11.8 Å². The Labute approximate surface area is 151 Å². The Kier molecular flexibility index (Phi) is 6.65. The number of nitrogens with one attached hydrogen (secondary N) is 3. The standard InChI is InChI=1S/C17H23FN6O2/c1-4-16(25)21-13-6-7-14(18)15(10-13)22-17(26)19-8-5-9-24-12(3)20-11(2)23-24/h6-7,10H,4-5,8-9H2,1-3H3,(H,21,25)(H2,19,22,26). The first-order chi connectivity index (χ1) is 12.4. The molecule has 0 saturated heterocycles. The summed E-state index contributed by atoms with van der Waals surface area (Å²) in [5.41, 5.74) is 0.421. The second kappa shape index (κ2) is 8.93. The van der Waals surface area contributed by atoms with Crippen molar-refractivity contribution in [2.75, 3.05) is 17.2 Å². The van der Waals surface area contributed by atoms with Crippen molar-refractivity contribution in [2.24, 2.45) is 0 Å². The Balaban J connectivity index is 1.82. The van der Waals surface area contributed by atoms with Crippen molar-refractivity contribution in [2.45, 2.75) is 40.2 Å². The van der Waals surface area contributed by atoms with Gasteiger partial charge in [0.15, 0.2) is 0 Å². The van der Waals surface area contributed by atoms with E-state index in [0.717, 1.165) is 5.82 Å². The summed E-state index contributed by atoms with van der Waals surface area (Å²) in [5, 5.41) is 12.0. The quantitative estimate of drug-likeness (QED) is 0.659. The van der Waals surface area contributed by atoms with Gasteiger partial charge in [0.2, 0.25) is 5.91 Å². The van der Waals surface area contributed by atoms with Crippen molar-refractivity contribution in [1.29, 1.82) is 0 Å². The molecule has 2 aromatic rings. The number of carbonyl (C=O) groups excluding carboxylic acids is 2. The molecule has 1 heterocycles. The molecule has 0 fully saturated rings. The molecule has 0 aliphatic carbocycles. The van der Waals surface area contributed by atoms with Gasteiger partial charge in [-0.2, -0.15) is 5.10 Å². The summed E-state index contributed by atoms with van der Waals surface area (Å²) >= 11 is 0. The van der Waals surface area contributed by atoms with Crippen LogP contribution in [0.3, 0.4) is 0 Å². The zero-order chi connectivity index (χ0) is 19.1. The molecule has 26 heavy (non-hydrogen) atoms. The van der Waals surface area contributed by atoms with E-state index in [1.165, 1.54) is 18.2 Å². The summed E-state index contributed by atoms with van der Waals surface area (Å²) in [6, 6.07) is 3.49. The molecule has 1 aromatic heterocycles. The maximum absolute atomic E-state index is 13.8. The van der Waals surface area contributed by atoms with Gasteiger partial charge in [0.25, 0.3) is 0 Å². The number of anilines is 2. The zero-order valence-electron chi connectivity index (χ0n) is 15.1. The third kappa shape index (κ3) is 5.54. The van der Waals surface area contributed by atoms with Gasteiger partial charge in [0.1, 0.15) is 17.5 Å². The van der Waals surface area contributed by atoms with Crippen molar-refractivity contribution in [1.82, 2.24) is 20.1 Å². The minimum atomic E-state index is -0.580. The zero-order valence-corrected chi connectivity index (χ0v) is 15.1. The molecule has 0 unspecified atom stereocenters. The molecule has 3 N–H and O–H groups in total. The lowest BCUT2D eigenvalue weighted by Gasteiger charge is -2.11. The number of amides is 3. The first kappa shape index (κ1) is 19.4. The van der Waals surface area contributed by atoms with Gasteiger partial charge < -0.3 is 16.0 Å². The van der Waals surface area contributed by atoms with Crippen LogP contribution in [0.15, 0.2) is 18.2 Å². The number of carbonyl (C=O) groups is 2. The van der Waals surface area contributed by atoms with Crippen LogP contribution in [-0.4, -0.2) is 33.2 Å². The fourth-order valence-corrected chi connectivity index (χ4v) is 2.32. The minimum absolute atomic E-state index is 0.000788. The summed E-state index contributed by atoms with van der Waals surface area (Å²) in [6.45, 7) is 6.43. The summed E-state index contributed by atoms with van der Waals surface area (Å²) in [7, 11) is 0. The molecule has 0 bridgehead atoms. The van der Waals surface area contributed by atoms with Crippen LogP contribution < -0.4 is 16.0 Å². The average Bonchev–Trinajstić information content (AvgIpc) is 2.92. The highest BCUT2D eigenvalue weighted by Crippen LogP contribution is 2.19. The second-order valence-electron chi connectivity index (χ2n) is 5.76. The van der Waals surface area contributed by atoms with Crippen LogP contribution in [0.25, 0.3) is 0 Å². The Morgan fingerprint density at radius 1 is 1.23 bits per heavy atom. The van der Waals surface area contributed by atoms with Gasteiger partial charge in [-0.05, 0) is 38.5 Å². The van der Waals surface area contributed by atoms with Crippen molar-refractivity contribution < 1.29 is 14.0 Å². The molecule has 0 atom stereocenters. The molecular weight excluding hydrogens is 339 g/mol. The van der Waals surface area contributed by atoms with E-state index in [9.17, 15) is 14.0 Å².